The summed E-state index contributed by atoms with van der Waals surface area (Å²) in [5, 5.41) is 9.02. The maximum absolute atomic E-state index is 11.0. The van der Waals surface area contributed by atoms with E-state index in [1.807, 2.05) is 36.4 Å². The molecule has 0 amide bonds. The second-order valence-corrected chi connectivity index (χ2v) is 6.07. The van der Waals surface area contributed by atoms with Crippen LogP contribution in [0.1, 0.15) is 16.7 Å². The zero-order valence-electron chi connectivity index (χ0n) is 14.4. The van der Waals surface area contributed by atoms with Gasteiger partial charge in [-0.3, -0.25) is 4.79 Å². The molecule has 132 valence electrons. The van der Waals surface area contributed by atoms with E-state index in [0.29, 0.717) is 24.5 Å². The molecule has 0 atom stereocenters. The maximum atomic E-state index is 11.0. The average molecular weight is 347 g/mol. The molecule has 3 N–H and O–H groups in total. The summed E-state index contributed by atoms with van der Waals surface area (Å²) in [4.78, 5) is 11.0. The van der Waals surface area contributed by atoms with Crippen LogP contribution in [0.4, 0.5) is 0 Å². The van der Waals surface area contributed by atoms with E-state index in [1.54, 1.807) is 12.1 Å². The monoisotopic (exact) mass is 347 g/mol. The summed E-state index contributed by atoms with van der Waals surface area (Å²) < 4.78 is 5.88. The predicted molar refractivity (Wildman–Crippen MR) is 102 cm³/mol. The minimum Gasteiger partial charge on any atom is -0.489 e. The molecular weight excluding hydrogens is 326 g/mol. The summed E-state index contributed by atoms with van der Waals surface area (Å²) in [6.45, 7) is 0.887. The van der Waals surface area contributed by atoms with Crippen LogP contribution in [-0.4, -0.2) is 11.1 Å². The summed E-state index contributed by atoms with van der Waals surface area (Å²) >= 11 is 0. The molecule has 0 bridgehead atoms. The summed E-state index contributed by atoms with van der Waals surface area (Å²) in [5.41, 5.74) is 10.7. The topological polar surface area (TPSA) is 72.5 Å². The molecule has 0 heterocycles. The second-order valence-electron chi connectivity index (χ2n) is 6.07. The zero-order chi connectivity index (χ0) is 18.4. The fourth-order valence-electron chi connectivity index (χ4n) is 2.83. The number of carboxylic acid groups (broad SMARTS) is 1. The van der Waals surface area contributed by atoms with Crippen LogP contribution in [0.15, 0.2) is 72.8 Å². The van der Waals surface area contributed by atoms with Crippen molar-refractivity contribution in [1.29, 1.82) is 0 Å². The Morgan fingerprint density at radius 3 is 2.23 bits per heavy atom. The van der Waals surface area contributed by atoms with E-state index in [0.717, 1.165) is 22.3 Å². The largest absolute Gasteiger partial charge is 0.489 e. The first-order chi connectivity index (χ1) is 12.7. The maximum Gasteiger partial charge on any atom is 0.307 e. The number of para-hydroxylation sites is 1. The lowest BCUT2D eigenvalue weighted by molar-refractivity contribution is -0.136. The van der Waals surface area contributed by atoms with Gasteiger partial charge in [-0.05, 0) is 40.5 Å². The van der Waals surface area contributed by atoms with Crippen molar-refractivity contribution in [2.45, 2.75) is 19.6 Å². The number of ether oxygens (including phenoxy) is 1. The number of aliphatic carboxylic acids is 1. The van der Waals surface area contributed by atoms with Gasteiger partial charge >= 0.3 is 5.97 Å². The third-order valence-corrected chi connectivity index (χ3v) is 4.13. The molecule has 4 nitrogen and oxygen atoms in total. The van der Waals surface area contributed by atoms with E-state index in [4.69, 9.17) is 15.6 Å². The minimum absolute atomic E-state index is 0.0535. The highest BCUT2D eigenvalue weighted by molar-refractivity contribution is 5.71. The van der Waals surface area contributed by atoms with Gasteiger partial charge in [0, 0.05) is 12.1 Å². The van der Waals surface area contributed by atoms with Gasteiger partial charge in [0.1, 0.15) is 12.4 Å². The Labute approximate surface area is 152 Å². The van der Waals surface area contributed by atoms with Crippen molar-refractivity contribution in [3.8, 4) is 16.9 Å². The van der Waals surface area contributed by atoms with E-state index in [-0.39, 0.29) is 6.42 Å². The van der Waals surface area contributed by atoms with Crippen LogP contribution < -0.4 is 10.5 Å². The second kappa shape index (κ2) is 8.32. The number of benzene rings is 3. The third kappa shape index (κ3) is 4.49. The van der Waals surface area contributed by atoms with Crippen LogP contribution in [0.5, 0.6) is 5.75 Å². The van der Waals surface area contributed by atoms with Crippen LogP contribution in [0.2, 0.25) is 0 Å². The first-order valence-electron chi connectivity index (χ1n) is 8.46. The van der Waals surface area contributed by atoms with Gasteiger partial charge in [-0.15, -0.1) is 0 Å². The van der Waals surface area contributed by atoms with Gasteiger partial charge in [-0.1, -0.05) is 54.6 Å². The number of rotatable bonds is 7. The molecular formula is C22H21NO3. The van der Waals surface area contributed by atoms with Crippen molar-refractivity contribution >= 4 is 5.97 Å². The molecule has 3 rings (SSSR count). The molecule has 4 heteroatoms. The van der Waals surface area contributed by atoms with E-state index >= 15 is 0 Å². The predicted octanol–water partition coefficient (Wildman–Crippen LogP) is 4.02. The van der Waals surface area contributed by atoms with Crippen molar-refractivity contribution in [3.63, 3.8) is 0 Å². The Morgan fingerprint density at radius 1 is 0.885 bits per heavy atom. The standard InChI is InChI=1S/C22H21NO3/c23-14-16-5-3-8-18(11-16)19-9-4-6-17(12-19)15-26-21-10-2-1-7-20(21)13-22(24)25/h1-12H,13-15,23H2,(H,24,25). The van der Waals surface area contributed by atoms with Crippen LogP contribution in [0.3, 0.4) is 0 Å². The highest BCUT2D eigenvalue weighted by Crippen LogP contribution is 2.24. The van der Waals surface area contributed by atoms with Gasteiger partial charge in [-0.2, -0.15) is 0 Å². The molecule has 0 aliphatic heterocycles. The highest BCUT2D eigenvalue weighted by Gasteiger charge is 2.08. The lowest BCUT2D eigenvalue weighted by Gasteiger charge is -2.11. The summed E-state index contributed by atoms with van der Waals surface area (Å²) in [5.74, 6) is -0.270. The molecule has 0 saturated heterocycles. The van der Waals surface area contributed by atoms with Crippen LogP contribution in [0, 0.1) is 0 Å². The van der Waals surface area contributed by atoms with Gasteiger partial charge in [0.25, 0.3) is 0 Å². The first-order valence-corrected chi connectivity index (χ1v) is 8.46. The van der Waals surface area contributed by atoms with E-state index in [1.165, 1.54) is 0 Å². The van der Waals surface area contributed by atoms with Crippen molar-refractivity contribution in [2.24, 2.45) is 5.73 Å². The Balaban J connectivity index is 1.77. The van der Waals surface area contributed by atoms with Gasteiger partial charge in [0.05, 0.1) is 6.42 Å². The number of nitrogens with two attached hydrogens (primary N) is 1. The van der Waals surface area contributed by atoms with Crippen LogP contribution in [0.25, 0.3) is 11.1 Å². The highest BCUT2D eigenvalue weighted by atomic mass is 16.5. The lowest BCUT2D eigenvalue weighted by atomic mass is 10.0. The van der Waals surface area contributed by atoms with Crippen molar-refractivity contribution in [2.75, 3.05) is 0 Å². The minimum atomic E-state index is -0.872. The van der Waals surface area contributed by atoms with Crippen LogP contribution in [-0.2, 0) is 24.4 Å². The van der Waals surface area contributed by atoms with Gasteiger partial charge in [0.15, 0.2) is 0 Å². The molecule has 0 aliphatic rings. The summed E-state index contributed by atoms with van der Waals surface area (Å²) in [7, 11) is 0. The molecule has 3 aromatic carbocycles. The molecule has 0 fully saturated rings. The normalized spacial score (nSPS) is 10.5. The average Bonchev–Trinajstić information content (AvgIpc) is 2.67. The molecule has 0 unspecified atom stereocenters. The lowest BCUT2D eigenvalue weighted by Crippen LogP contribution is -2.04. The third-order valence-electron chi connectivity index (χ3n) is 4.13. The summed E-state index contributed by atoms with van der Waals surface area (Å²) in [6.07, 6.45) is -0.0535. The smallest absolute Gasteiger partial charge is 0.307 e. The van der Waals surface area contributed by atoms with E-state index in [2.05, 4.69) is 24.3 Å². The number of carbonyl (C=O) groups is 1. The molecule has 0 aliphatic carbocycles. The van der Waals surface area contributed by atoms with E-state index < -0.39 is 5.97 Å². The summed E-state index contributed by atoms with van der Waals surface area (Å²) in [6, 6.07) is 23.5. The van der Waals surface area contributed by atoms with E-state index in [9.17, 15) is 4.79 Å². The number of hydrogen-bond acceptors (Lipinski definition) is 3. The van der Waals surface area contributed by atoms with Gasteiger partial charge < -0.3 is 15.6 Å². The fraction of sp³-hybridized carbons (Fsp3) is 0.136. The Morgan fingerprint density at radius 2 is 1.54 bits per heavy atom. The zero-order valence-corrected chi connectivity index (χ0v) is 14.4. The molecule has 0 spiro atoms. The van der Waals surface area contributed by atoms with Crippen molar-refractivity contribution in [1.82, 2.24) is 0 Å². The molecule has 0 radical (unpaired) electrons. The van der Waals surface area contributed by atoms with Crippen molar-refractivity contribution < 1.29 is 14.6 Å². The Kier molecular flexibility index (Phi) is 5.66. The first kappa shape index (κ1) is 17.7. The van der Waals surface area contributed by atoms with Gasteiger partial charge in [0.2, 0.25) is 0 Å². The Hall–Kier alpha value is -3.11. The Bertz CT molecular complexity index is 905. The van der Waals surface area contributed by atoms with Gasteiger partial charge in [-0.25, -0.2) is 0 Å². The molecule has 0 saturated carbocycles. The van der Waals surface area contributed by atoms with Crippen molar-refractivity contribution in [3.05, 3.63) is 89.5 Å². The fourth-order valence-corrected chi connectivity index (χ4v) is 2.83. The molecule has 0 aromatic heterocycles. The SMILES string of the molecule is NCc1cccc(-c2cccc(COc3ccccc3CC(=O)O)c2)c1. The molecule has 3 aromatic rings. The molecule has 26 heavy (non-hydrogen) atoms. The number of hydrogen-bond donors (Lipinski definition) is 2. The quantitative estimate of drug-likeness (QED) is 0.677. The number of carboxylic acids is 1. The van der Waals surface area contributed by atoms with Crippen LogP contribution >= 0.6 is 0 Å².